The summed E-state index contributed by atoms with van der Waals surface area (Å²) in [5.74, 6) is 0.807. The maximum Gasteiger partial charge on any atom is 0.237 e. The predicted molar refractivity (Wildman–Crippen MR) is 155 cm³/mol. The third-order valence-corrected chi connectivity index (χ3v) is 6.61. The number of ether oxygens (including phenoxy) is 1. The molecule has 4 rings (SSSR count). The number of carbonyl (C=O) groups excluding carboxylic acids is 1. The van der Waals surface area contributed by atoms with Gasteiger partial charge in [-0.15, -0.1) is 0 Å². The van der Waals surface area contributed by atoms with Crippen LogP contribution in [-0.2, 0) is 17.9 Å². The number of hydrogen-bond donors (Lipinski definition) is 1. The number of aliphatic hydroxyl groups excluding tert-OH is 1. The average Bonchev–Trinajstić information content (AvgIpc) is 2.95. The summed E-state index contributed by atoms with van der Waals surface area (Å²) in [7, 11) is 3.93. The van der Waals surface area contributed by atoms with Crippen LogP contribution in [0.25, 0.3) is 10.9 Å². The molecule has 39 heavy (non-hydrogen) atoms. The van der Waals surface area contributed by atoms with E-state index in [1.54, 1.807) is 6.20 Å². The lowest BCUT2D eigenvalue weighted by atomic mass is 10.1. The molecule has 0 saturated carbocycles. The maximum absolute atomic E-state index is 13.3. The zero-order chi connectivity index (χ0) is 27.5. The third kappa shape index (κ3) is 8.89. The van der Waals surface area contributed by atoms with Crippen molar-refractivity contribution in [2.24, 2.45) is 0 Å². The molecule has 0 aliphatic heterocycles. The van der Waals surface area contributed by atoms with Gasteiger partial charge in [0, 0.05) is 44.3 Å². The fourth-order valence-corrected chi connectivity index (χ4v) is 4.48. The number of nitrogens with zero attached hydrogens (tertiary/aromatic N) is 4. The summed E-state index contributed by atoms with van der Waals surface area (Å²) < 4.78 is 5.91. The van der Waals surface area contributed by atoms with Crippen LogP contribution in [-0.4, -0.2) is 83.7 Å². The Bertz CT molecular complexity index is 1260. The van der Waals surface area contributed by atoms with Crippen molar-refractivity contribution < 1.29 is 14.6 Å². The molecule has 1 unspecified atom stereocenters. The number of carbonyl (C=O) groups is 1. The van der Waals surface area contributed by atoms with E-state index in [2.05, 4.69) is 34.1 Å². The van der Waals surface area contributed by atoms with Crippen LogP contribution in [0, 0.1) is 0 Å². The van der Waals surface area contributed by atoms with Crippen LogP contribution >= 0.6 is 0 Å². The minimum atomic E-state index is -0.638. The SMILES string of the molecule is CN(CCN(C)CC(O)COc1cccc2ncccc12)CC(=O)N(Cc1ccccc1)Cc1ccccc1. The molecule has 204 valence electrons. The van der Waals surface area contributed by atoms with E-state index in [1.807, 2.05) is 90.6 Å². The molecule has 0 fully saturated rings. The van der Waals surface area contributed by atoms with E-state index in [4.69, 9.17) is 4.74 Å². The minimum absolute atomic E-state index is 0.0888. The van der Waals surface area contributed by atoms with Crippen LogP contribution in [0.3, 0.4) is 0 Å². The summed E-state index contributed by atoms with van der Waals surface area (Å²) in [6.45, 7) is 3.56. The van der Waals surface area contributed by atoms with Gasteiger partial charge in [0.1, 0.15) is 18.5 Å². The molecule has 1 heterocycles. The fraction of sp³-hybridized carbons (Fsp3) is 0.312. The monoisotopic (exact) mass is 526 g/mol. The van der Waals surface area contributed by atoms with Crippen LogP contribution in [0.1, 0.15) is 11.1 Å². The molecule has 3 aromatic carbocycles. The van der Waals surface area contributed by atoms with Crippen molar-refractivity contribution in [2.45, 2.75) is 19.2 Å². The Kier molecular flexibility index (Phi) is 10.4. The second-order valence-corrected chi connectivity index (χ2v) is 10.0. The summed E-state index contributed by atoms with van der Waals surface area (Å²) in [5, 5.41) is 11.5. The van der Waals surface area contributed by atoms with E-state index in [1.165, 1.54) is 0 Å². The predicted octanol–water partition coefficient (Wildman–Crippen LogP) is 4.07. The number of rotatable bonds is 14. The first-order chi connectivity index (χ1) is 19.0. The third-order valence-electron chi connectivity index (χ3n) is 6.61. The number of likely N-dealkylation sites (N-methyl/N-ethyl adjacent to an activating group) is 2. The number of benzene rings is 3. The van der Waals surface area contributed by atoms with Crippen LogP contribution < -0.4 is 4.74 Å². The molecular formula is C32H38N4O3. The van der Waals surface area contributed by atoms with Crippen molar-refractivity contribution in [1.82, 2.24) is 19.7 Å². The lowest BCUT2D eigenvalue weighted by Crippen LogP contribution is -2.42. The van der Waals surface area contributed by atoms with Gasteiger partial charge in [-0.2, -0.15) is 0 Å². The highest BCUT2D eigenvalue weighted by Gasteiger charge is 2.18. The van der Waals surface area contributed by atoms with E-state index in [9.17, 15) is 9.90 Å². The molecule has 0 aliphatic carbocycles. The molecule has 0 saturated heterocycles. The number of hydrogen-bond acceptors (Lipinski definition) is 6. The quantitative estimate of drug-likeness (QED) is 0.267. The molecule has 4 aromatic rings. The highest BCUT2D eigenvalue weighted by Crippen LogP contribution is 2.23. The zero-order valence-corrected chi connectivity index (χ0v) is 22.8. The molecule has 1 amide bonds. The second-order valence-electron chi connectivity index (χ2n) is 10.0. The maximum atomic E-state index is 13.3. The normalized spacial score (nSPS) is 12.1. The number of aliphatic hydroxyl groups is 1. The van der Waals surface area contributed by atoms with E-state index < -0.39 is 6.10 Å². The minimum Gasteiger partial charge on any atom is -0.490 e. The number of aromatic nitrogens is 1. The summed E-state index contributed by atoms with van der Waals surface area (Å²) in [4.78, 5) is 23.7. The topological polar surface area (TPSA) is 69.1 Å². The molecule has 1 atom stereocenters. The zero-order valence-electron chi connectivity index (χ0n) is 22.8. The fourth-order valence-electron chi connectivity index (χ4n) is 4.48. The molecule has 7 nitrogen and oxygen atoms in total. The van der Waals surface area contributed by atoms with Crippen LogP contribution in [0.15, 0.2) is 97.2 Å². The van der Waals surface area contributed by atoms with Crippen LogP contribution in [0.5, 0.6) is 5.75 Å². The van der Waals surface area contributed by atoms with Gasteiger partial charge >= 0.3 is 0 Å². The smallest absolute Gasteiger partial charge is 0.237 e. The number of pyridine rings is 1. The highest BCUT2D eigenvalue weighted by molar-refractivity contribution is 5.84. The van der Waals surface area contributed by atoms with Crippen LogP contribution in [0.2, 0.25) is 0 Å². The molecule has 1 N–H and O–H groups in total. The number of fused-ring (bicyclic) bond motifs is 1. The van der Waals surface area contributed by atoms with Crippen molar-refractivity contribution >= 4 is 16.8 Å². The van der Waals surface area contributed by atoms with E-state index in [-0.39, 0.29) is 12.5 Å². The van der Waals surface area contributed by atoms with Crippen molar-refractivity contribution in [3.8, 4) is 5.75 Å². The van der Waals surface area contributed by atoms with Gasteiger partial charge < -0.3 is 19.6 Å². The van der Waals surface area contributed by atoms with Gasteiger partial charge in [-0.25, -0.2) is 0 Å². The lowest BCUT2D eigenvalue weighted by molar-refractivity contribution is -0.133. The Hall–Kier alpha value is -3.78. The van der Waals surface area contributed by atoms with Crippen LogP contribution in [0.4, 0.5) is 0 Å². The molecule has 0 spiro atoms. The largest absolute Gasteiger partial charge is 0.490 e. The van der Waals surface area contributed by atoms with Gasteiger partial charge in [0.25, 0.3) is 0 Å². The Labute approximate surface area is 231 Å². The first-order valence-corrected chi connectivity index (χ1v) is 13.4. The van der Waals surface area contributed by atoms with Gasteiger partial charge in [0.15, 0.2) is 0 Å². The molecule has 7 heteroatoms. The first-order valence-electron chi connectivity index (χ1n) is 13.4. The summed E-state index contributed by atoms with van der Waals surface area (Å²) in [6, 6.07) is 29.8. The molecule has 0 aliphatic rings. The molecular weight excluding hydrogens is 488 g/mol. The van der Waals surface area contributed by atoms with Gasteiger partial charge in [0.05, 0.1) is 12.1 Å². The van der Waals surface area contributed by atoms with Gasteiger partial charge in [-0.3, -0.25) is 14.7 Å². The number of amides is 1. The first kappa shape index (κ1) is 28.2. The van der Waals surface area contributed by atoms with Crippen molar-refractivity contribution in [1.29, 1.82) is 0 Å². The second kappa shape index (κ2) is 14.4. The molecule has 0 bridgehead atoms. The average molecular weight is 527 g/mol. The Morgan fingerprint density at radius 2 is 1.46 bits per heavy atom. The van der Waals surface area contributed by atoms with Gasteiger partial charge in [-0.05, 0) is 49.5 Å². The van der Waals surface area contributed by atoms with E-state index >= 15 is 0 Å². The van der Waals surface area contributed by atoms with Crippen molar-refractivity contribution in [3.63, 3.8) is 0 Å². The molecule has 0 radical (unpaired) electrons. The van der Waals surface area contributed by atoms with Crippen molar-refractivity contribution in [2.75, 3.05) is 46.9 Å². The Balaban J connectivity index is 1.23. The summed E-state index contributed by atoms with van der Waals surface area (Å²) in [5.41, 5.74) is 3.09. The Morgan fingerprint density at radius 3 is 2.13 bits per heavy atom. The summed E-state index contributed by atoms with van der Waals surface area (Å²) >= 11 is 0. The standard InChI is InChI=1S/C32H38N4O3/c1-34(23-28(37)25-39-31-17-9-16-30-29(31)15-10-18-33-30)19-20-35(2)24-32(38)36(21-26-11-5-3-6-12-26)22-27-13-7-4-8-14-27/h3-18,28,37H,19-25H2,1-2H3. The van der Waals surface area contributed by atoms with E-state index in [0.29, 0.717) is 32.7 Å². The summed E-state index contributed by atoms with van der Waals surface area (Å²) in [6.07, 6.45) is 1.12. The highest BCUT2D eigenvalue weighted by atomic mass is 16.5. The molecule has 1 aromatic heterocycles. The van der Waals surface area contributed by atoms with Crippen molar-refractivity contribution in [3.05, 3.63) is 108 Å². The Morgan fingerprint density at radius 1 is 0.821 bits per heavy atom. The van der Waals surface area contributed by atoms with Gasteiger partial charge in [-0.1, -0.05) is 66.7 Å². The van der Waals surface area contributed by atoms with E-state index in [0.717, 1.165) is 34.3 Å². The van der Waals surface area contributed by atoms with Gasteiger partial charge in [0.2, 0.25) is 5.91 Å². The lowest BCUT2D eigenvalue weighted by Gasteiger charge is -2.27.